The van der Waals surface area contributed by atoms with Gasteiger partial charge in [0.1, 0.15) is 11.5 Å². The summed E-state index contributed by atoms with van der Waals surface area (Å²) in [4.78, 5) is 28.0. The minimum Gasteiger partial charge on any atom is -0.422 e. The van der Waals surface area contributed by atoms with Crippen LogP contribution in [0, 0.1) is 11.8 Å². The molecular weight excluding hydrogens is 737 g/mol. The third-order valence-electron chi connectivity index (χ3n) is 13.8. The summed E-state index contributed by atoms with van der Waals surface area (Å²) in [6, 6.07) is 40.1. The van der Waals surface area contributed by atoms with E-state index in [4.69, 9.17) is 9.47 Å². The lowest BCUT2D eigenvalue weighted by atomic mass is 9.77. The van der Waals surface area contributed by atoms with E-state index in [-0.39, 0.29) is 0 Å². The van der Waals surface area contributed by atoms with E-state index in [0.29, 0.717) is 45.6 Å². The topological polar surface area (TPSA) is 52.6 Å². The second-order valence-corrected chi connectivity index (χ2v) is 17.8. The number of fused-ring (bicyclic) bond motifs is 2. The molecular formula is C56H62O4. The Bertz CT molecular complexity index is 2190. The van der Waals surface area contributed by atoms with E-state index in [2.05, 4.69) is 50.2 Å². The molecule has 0 bridgehead atoms. The number of esters is 2. The van der Waals surface area contributed by atoms with Crippen LogP contribution in [0.15, 0.2) is 121 Å². The Hall–Kier alpha value is -5.22. The highest BCUT2D eigenvalue weighted by Crippen LogP contribution is 2.46. The fourth-order valence-corrected chi connectivity index (χ4v) is 10.2. The molecule has 6 aromatic carbocycles. The van der Waals surface area contributed by atoms with E-state index < -0.39 is 11.9 Å². The molecule has 4 nitrogen and oxygen atoms in total. The number of hydrogen-bond acceptors (Lipinski definition) is 4. The summed E-state index contributed by atoms with van der Waals surface area (Å²) in [5.41, 5.74) is 5.07. The molecule has 0 aromatic heterocycles. The van der Waals surface area contributed by atoms with Gasteiger partial charge in [-0.15, -0.1) is 0 Å². The van der Waals surface area contributed by atoms with Crippen LogP contribution in [0.25, 0.3) is 32.7 Å². The highest BCUT2D eigenvalue weighted by atomic mass is 16.5. The average molecular weight is 799 g/mol. The minimum absolute atomic E-state index is 0.415. The fraction of sp³-hybridized carbons (Fsp3) is 0.393. The molecule has 6 aromatic rings. The number of rotatable bonds is 15. The Labute approximate surface area is 357 Å². The van der Waals surface area contributed by atoms with Crippen molar-refractivity contribution in [2.45, 2.75) is 128 Å². The molecule has 0 aliphatic heterocycles. The molecule has 60 heavy (non-hydrogen) atoms. The lowest BCUT2D eigenvalue weighted by Gasteiger charge is -2.29. The number of carbonyl (C=O) groups is 2. The maximum atomic E-state index is 14.0. The lowest BCUT2D eigenvalue weighted by Crippen LogP contribution is -2.14. The third-order valence-corrected chi connectivity index (χ3v) is 13.8. The van der Waals surface area contributed by atoms with Gasteiger partial charge in [-0.1, -0.05) is 150 Å². The summed E-state index contributed by atoms with van der Waals surface area (Å²) >= 11 is 0. The largest absolute Gasteiger partial charge is 0.422 e. The van der Waals surface area contributed by atoms with Crippen molar-refractivity contribution in [3.05, 3.63) is 144 Å². The third kappa shape index (κ3) is 9.70. The smallest absolute Gasteiger partial charge is 0.343 e. The molecule has 2 aliphatic rings. The van der Waals surface area contributed by atoms with Gasteiger partial charge in [-0.05, 0) is 144 Å². The maximum absolute atomic E-state index is 14.0. The first-order valence-electron chi connectivity index (χ1n) is 23.2. The van der Waals surface area contributed by atoms with Gasteiger partial charge in [-0.2, -0.15) is 0 Å². The first-order valence-corrected chi connectivity index (χ1v) is 23.2. The number of hydrogen-bond donors (Lipinski definition) is 0. The Morgan fingerprint density at radius 2 is 0.833 bits per heavy atom. The highest BCUT2D eigenvalue weighted by Gasteiger charge is 2.26. The first kappa shape index (κ1) is 41.5. The van der Waals surface area contributed by atoms with Crippen molar-refractivity contribution in [2.24, 2.45) is 11.8 Å². The summed E-state index contributed by atoms with van der Waals surface area (Å²) < 4.78 is 12.7. The quantitative estimate of drug-likeness (QED) is 0.0590. The van der Waals surface area contributed by atoms with Crippen LogP contribution in [0.2, 0.25) is 0 Å². The van der Waals surface area contributed by atoms with Crippen molar-refractivity contribution < 1.29 is 19.1 Å². The van der Waals surface area contributed by atoms with Crippen molar-refractivity contribution in [1.82, 2.24) is 0 Å². The standard InChI is InChI=1S/C56H62O4/c1-3-5-7-13-39-19-23-41(24-20-39)43-27-31-47(32-28-43)55(57)59-51-37-35-45-15-9-11-17-49(45)53(51)54-50-18-12-10-16-46(50)36-38-52(54)60-56(58)48-33-29-44(30-34-48)42-25-21-40(22-26-42)14-8-6-4-2/h9-12,15-18,27-42H,3-8,13-14,19-26H2,1-2H3. The number of ether oxygens (including phenoxy) is 2. The number of unbranched alkanes of at least 4 members (excludes halogenated alkanes) is 4. The summed E-state index contributed by atoms with van der Waals surface area (Å²) in [6.07, 6.45) is 20.7. The van der Waals surface area contributed by atoms with Gasteiger partial charge in [0.15, 0.2) is 0 Å². The molecule has 8 rings (SSSR count). The molecule has 0 unspecified atom stereocenters. The van der Waals surface area contributed by atoms with E-state index in [1.54, 1.807) is 0 Å². The Morgan fingerprint density at radius 3 is 1.22 bits per heavy atom. The molecule has 2 saturated carbocycles. The summed E-state index contributed by atoms with van der Waals surface area (Å²) in [5, 5.41) is 3.79. The monoisotopic (exact) mass is 798 g/mol. The fourth-order valence-electron chi connectivity index (χ4n) is 10.2. The van der Waals surface area contributed by atoms with Gasteiger partial charge >= 0.3 is 11.9 Å². The molecule has 4 heteroatoms. The van der Waals surface area contributed by atoms with Crippen LogP contribution in [-0.2, 0) is 0 Å². The maximum Gasteiger partial charge on any atom is 0.343 e. The van der Waals surface area contributed by atoms with E-state index in [1.165, 1.54) is 114 Å². The van der Waals surface area contributed by atoms with Gasteiger partial charge < -0.3 is 9.47 Å². The lowest BCUT2D eigenvalue weighted by molar-refractivity contribution is 0.0723. The Kier molecular flexibility index (Phi) is 13.8. The molecule has 310 valence electrons. The van der Waals surface area contributed by atoms with Crippen LogP contribution in [-0.4, -0.2) is 11.9 Å². The van der Waals surface area contributed by atoms with Crippen molar-refractivity contribution in [3.63, 3.8) is 0 Å². The van der Waals surface area contributed by atoms with Gasteiger partial charge in [0.2, 0.25) is 0 Å². The SMILES string of the molecule is CCCCCC1CCC(c2ccc(C(=O)Oc3ccc4ccccc4c3-c3c(OC(=O)c4ccc(C5CCC(CCCCC)CC5)cc4)ccc4ccccc34)cc2)CC1. The Morgan fingerprint density at radius 1 is 0.450 bits per heavy atom. The number of carbonyl (C=O) groups excluding carboxylic acids is 2. The van der Waals surface area contributed by atoms with E-state index >= 15 is 0 Å². The van der Waals surface area contributed by atoms with E-state index in [1.807, 2.05) is 84.9 Å². The van der Waals surface area contributed by atoms with Crippen molar-refractivity contribution in [3.8, 4) is 22.6 Å². The number of benzene rings is 6. The summed E-state index contributed by atoms with van der Waals surface area (Å²) in [5.74, 6) is 2.80. The van der Waals surface area contributed by atoms with Crippen LogP contribution in [0.4, 0.5) is 0 Å². The average Bonchev–Trinajstić information content (AvgIpc) is 3.30. The van der Waals surface area contributed by atoms with E-state index in [0.717, 1.165) is 33.4 Å². The molecule has 0 N–H and O–H groups in total. The normalized spacial score (nSPS) is 19.3. The van der Waals surface area contributed by atoms with E-state index in [9.17, 15) is 9.59 Å². The molecule has 0 heterocycles. The Balaban J connectivity index is 1.03. The van der Waals surface area contributed by atoms with Gasteiger partial charge in [0, 0.05) is 11.1 Å². The zero-order valence-corrected chi connectivity index (χ0v) is 35.8. The van der Waals surface area contributed by atoms with Gasteiger partial charge in [0.05, 0.1) is 11.1 Å². The van der Waals surface area contributed by atoms with Crippen LogP contribution >= 0.6 is 0 Å². The molecule has 0 spiro atoms. The summed E-state index contributed by atoms with van der Waals surface area (Å²) in [6.45, 7) is 4.55. The van der Waals surface area contributed by atoms with Gasteiger partial charge in [-0.3, -0.25) is 0 Å². The second kappa shape index (κ2) is 19.9. The molecule has 0 radical (unpaired) electrons. The van der Waals surface area contributed by atoms with Crippen molar-refractivity contribution >= 4 is 33.5 Å². The molecule has 0 amide bonds. The second-order valence-electron chi connectivity index (χ2n) is 17.8. The molecule has 0 saturated heterocycles. The molecule has 0 atom stereocenters. The van der Waals surface area contributed by atoms with Crippen LogP contribution in [0.5, 0.6) is 11.5 Å². The zero-order chi connectivity index (χ0) is 41.3. The first-order chi connectivity index (χ1) is 29.5. The highest BCUT2D eigenvalue weighted by molar-refractivity contribution is 6.11. The zero-order valence-electron chi connectivity index (χ0n) is 35.8. The van der Waals surface area contributed by atoms with Crippen LogP contribution in [0.3, 0.4) is 0 Å². The predicted molar refractivity (Wildman–Crippen MR) is 247 cm³/mol. The predicted octanol–water partition coefficient (Wildman–Crippen LogP) is 15.8. The minimum atomic E-state index is -0.415. The van der Waals surface area contributed by atoms with Gasteiger partial charge in [0.25, 0.3) is 0 Å². The van der Waals surface area contributed by atoms with Crippen LogP contribution in [0.1, 0.15) is 160 Å². The van der Waals surface area contributed by atoms with Gasteiger partial charge in [-0.25, -0.2) is 9.59 Å². The van der Waals surface area contributed by atoms with Crippen molar-refractivity contribution in [1.29, 1.82) is 0 Å². The van der Waals surface area contributed by atoms with Crippen LogP contribution < -0.4 is 9.47 Å². The van der Waals surface area contributed by atoms with Crippen molar-refractivity contribution in [2.75, 3.05) is 0 Å². The molecule has 2 fully saturated rings. The molecule has 2 aliphatic carbocycles. The summed E-state index contributed by atoms with van der Waals surface area (Å²) in [7, 11) is 0.